The van der Waals surface area contributed by atoms with Crippen LogP contribution in [-0.4, -0.2) is 6.71 Å². The Morgan fingerprint density at radius 1 is 0.557 bits per heavy atom. The summed E-state index contributed by atoms with van der Waals surface area (Å²) in [5.41, 5.74) is 28.3. The molecular formula is C66H75BN2O. The van der Waals surface area contributed by atoms with Gasteiger partial charge in [-0.1, -0.05) is 131 Å². The minimum Gasteiger partial charge on any atom is -0.440 e. The van der Waals surface area contributed by atoms with Gasteiger partial charge >= 0.3 is 0 Å². The van der Waals surface area contributed by atoms with Crippen molar-refractivity contribution < 1.29 is 4.42 Å². The standard InChI is InChI=1S/C66H75BN2O/c1-38-27-40(3)57(41(4)28-38)43-31-54-59-55(32-43)69(52-22-18-44(29-39(52)2)62(8,9)10)53-21-17-42(36-61(5,6)7)30-51(53)67(59)58-46-34-49-50(66(16)26-25-65(49,15)37-66)35-56(46)70-60(58)68(54)45-19-20-47-48(33-45)64(13,14)24-23-63(47,11)12/h17-22,27-35H,23-26,36-37H2,1-16H3. The first kappa shape index (κ1) is 45.6. The van der Waals surface area contributed by atoms with Crippen molar-refractivity contribution in [1.29, 1.82) is 0 Å². The van der Waals surface area contributed by atoms with E-state index in [4.69, 9.17) is 4.42 Å². The van der Waals surface area contributed by atoms with Crippen molar-refractivity contribution in [3.05, 3.63) is 147 Å². The van der Waals surface area contributed by atoms with E-state index in [2.05, 4.69) is 212 Å². The Bertz CT molecular complexity index is 3380. The molecule has 7 aromatic rings. The number of fused-ring (bicyclic) bond motifs is 12. The topological polar surface area (TPSA) is 19.6 Å². The van der Waals surface area contributed by atoms with Crippen LogP contribution >= 0.6 is 0 Å². The van der Waals surface area contributed by atoms with E-state index in [9.17, 15) is 0 Å². The van der Waals surface area contributed by atoms with E-state index in [-0.39, 0.29) is 39.2 Å². The number of aryl methyl sites for hydroxylation is 4. The highest BCUT2D eigenvalue weighted by Crippen LogP contribution is 2.62. The number of hydrogen-bond acceptors (Lipinski definition) is 3. The fraction of sp³-hybridized carbons (Fsp3) is 0.424. The first-order chi connectivity index (χ1) is 32.8. The first-order valence-corrected chi connectivity index (χ1v) is 26.6. The van der Waals surface area contributed by atoms with Gasteiger partial charge in [-0.2, -0.15) is 0 Å². The van der Waals surface area contributed by atoms with Crippen LogP contribution in [0.25, 0.3) is 22.1 Å². The van der Waals surface area contributed by atoms with Crippen LogP contribution in [0.1, 0.15) is 171 Å². The van der Waals surface area contributed by atoms with E-state index < -0.39 is 0 Å². The molecule has 2 aliphatic heterocycles. The first-order valence-electron chi connectivity index (χ1n) is 26.6. The van der Waals surface area contributed by atoms with Gasteiger partial charge in [-0.3, -0.25) is 4.90 Å². The molecule has 3 aliphatic carbocycles. The second-order valence-corrected chi connectivity index (χ2v) is 27.2. The molecule has 70 heavy (non-hydrogen) atoms. The average Bonchev–Trinajstić information content (AvgIpc) is 3.87. The molecule has 0 radical (unpaired) electrons. The lowest BCUT2D eigenvalue weighted by atomic mass is 9.33. The second-order valence-electron chi connectivity index (χ2n) is 27.2. The predicted octanol–water partition coefficient (Wildman–Crippen LogP) is 16.4. The van der Waals surface area contributed by atoms with E-state index in [0.717, 1.165) is 24.3 Å². The van der Waals surface area contributed by atoms with Gasteiger partial charge in [-0.05, 0) is 219 Å². The molecule has 1 saturated carbocycles. The van der Waals surface area contributed by atoms with E-state index in [1.165, 1.54) is 137 Å². The van der Waals surface area contributed by atoms with Crippen LogP contribution in [0, 0.1) is 33.1 Å². The van der Waals surface area contributed by atoms with Crippen LogP contribution in [0.3, 0.4) is 0 Å². The minimum absolute atomic E-state index is 0.0294. The largest absolute Gasteiger partial charge is 0.440 e. The minimum atomic E-state index is -0.0554. The fourth-order valence-electron chi connectivity index (χ4n) is 14.8. The Kier molecular flexibility index (Phi) is 9.51. The molecule has 3 heterocycles. The molecule has 3 nitrogen and oxygen atoms in total. The molecule has 0 saturated heterocycles. The highest BCUT2D eigenvalue weighted by atomic mass is 16.4. The van der Waals surface area contributed by atoms with E-state index in [0.29, 0.717) is 0 Å². The summed E-state index contributed by atoms with van der Waals surface area (Å²) in [5, 5.41) is 1.28. The van der Waals surface area contributed by atoms with Crippen LogP contribution < -0.4 is 26.2 Å². The highest BCUT2D eigenvalue weighted by Gasteiger charge is 2.54. The number of rotatable bonds is 4. The Balaban J connectivity index is 1.24. The maximum Gasteiger partial charge on any atom is 0.257 e. The number of benzene rings is 6. The quantitative estimate of drug-likeness (QED) is 0.164. The van der Waals surface area contributed by atoms with Crippen molar-refractivity contribution in [1.82, 2.24) is 0 Å². The Labute approximate surface area is 420 Å². The van der Waals surface area contributed by atoms with Gasteiger partial charge in [0.25, 0.3) is 6.71 Å². The second kappa shape index (κ2) is 14.6. The Morgan fingerprint density at radius 2 is 1.19 bits per heavy atom. The summed E-state index contributed by atoms with van der Waals surface area (Å²) in [6, 6.07) is 37.1. The summed E-state index contributed by atoms with van der Waals surface area (Å²) >= 11 is 0. The van der Waals surface area contributed by atoms with Crippen LogP contribution in [-0.2, 0) is 33.5 Å². The fourth-order valence-corrected chi connectivity index (χ4v) is 14.8. The molecule has 12 rings (SSSR count). The Morgan fingerprint density at radius 3 is 1.83 bits per heavy atom. The summed E-state index contributed by atoms with van der Waals surface area (Å²) in [6.07, 6.45) is 7.03. The number of furan rings is 1. The molecule has 2 unspecified atom stereocenters. The molecule has 1 aromatic heterocycles. The van der Waals surface area contributed by atoms with Crippen molar-refractivity contribution in [2.24, 2.45) is 5.41 Å². The third kappa shape index (κ3) is 6.66. The summed E-state index contributed by atoms with van der Waals surface area (Å²) in [5.74, 6) is 0.971. The van der Waals surface area contributed by atoms with Crippen molar-refractivity contribution in [2.75, 3.05) is 9.80 Å². The van der Waals surface area contributed by atoms with Gasteiger partial charge in [0.15, 0.2) is 0 Å². The average molecular weight is 923 g/mol. The SMILES string of the molecule is Cc1cc(C)c(-c2cc3c4c(c2)N(c2ccc5c(c2)C(C)(C)CCC5(C)C)c2oc5cc6c(cc5c2B4c2cc(CC(C)(C)C)ccc2N3c2ccc(C(C)(C)C)cc2C)C2(C)CCC6(C)C2)c(C)c1. The van der Waals surface area contributed by atoms with Gasteiger partial charge in [-0.15, -0.1) is 0 Å². The number of hydrogen-bond donors (Lipinski definition) is 0. The summed E-state index contributed by atoms with van der Waals surface area (Å²) in [7, 11) is 0. The smallest absolute Gasteiger partial charge is 0.257 e. The van der Waals surface area contributed by atoms with Crippen molar-refractivity contribution >= 4 is 68.4 Å². The summed E-state index contributed by atoms with van der Waals surface area (Å²) < 4.78 is 7.68. The lowest BCUT2D eigenvalue weighted by Crippen LogP contribution is -2.61. The third-order valence-electron chi connectivity index (χ3n) is 18.3. The number of anilines is 6. The normalized spacial score (nSPS) is 21.5. The highest BCUT2D eigenvalue weighted by molar-refractivity contribution is 7.01. The van der Waals surface area contributed by atoms with Gasteiger partial charge in [0, 0.05) is 39.3 Å². The molecule has 2 bridgehead atoms. The molecule has 0 amide bonds. The molecule has 0 spiro atoms. The van der Waals surface area contributed by atoms with Crippen molar-refractivity contribution in [3.8, 4) is 11.1 Å². The molecule has 2 atom stereocenters. The maximum atomic E-state index is 7.68. The lowest BCUT2D eigenvalue weighted by Gasteiger charge is -2.45. The molecule has 0 N–H and O–H groups in total. The van der Waals surface area contributed by atoms with Gasteiger partial charge < -0.3 is 9.32 Å². The Hall–Kier alpha value is -5.48. The molecule has 5 aliphatic rings. The molecular weight excluding hydrogens is 848 g/mol. The van der Waals surface area contributed by atoms with Gasteiger partial charge in [-0.25, -0.2) is 0 Å². The maximum absolute atomic E-state index is 7.68. The van der Waals surface area contributed by atoms with Gasteiger partial charge in [0.1, 0.15) is 5.58 Å². The predicted molar refractivity (Wildman–Crippen MR) is 300 cm³/mol. The van der Waals surface area contributed by atoms with Gasteiger partial charge in [0.05, 0.1) is 0 Å². The molecule has 1 fully saturated rings. The van der Waals surface area contributed by atoms with Crippen LogP contribution in [0.4, 0.5) is 34.3 Å². The monoisotopic (exact) mass is 923 g/mol. The zero-order chi connectivity index (χ0) is 49.6. The van der Waals surface area contributed by atoms with Crippen LogP contribution in [0.15, 0.2) is 95.4 Å². The van der Waals surface area contributed by atoms with E-state index >= 15 is 0 Å². The zero-order valence-corrected chi connectivity index (χ0v) is 45.3. The molecule has 6 aromatic carbocycles. The van der Waals surface area contributed by atoms with Crippen molar-refractivity contribution in [2.45, 2.75) is 176 Å². The van der Waals surface area contributed by atoms with Gasteiger partial charge in [0.2, 0.25) is 5.88 Å². The van der Waals surface area contributed by atoms with Crippen molar-refractivity contribution in [3.63, 3.8) is 0 Å². The van der Waals surface area contributed by atoms with Crippen LogP contribution in [0.2, 0.25) is 0 Å². The van der Waals surface area contributed by atoms with E-state index in [1.54, 1.807) is 5.56 Å². The summed E-state index contributed by atoms with van der Waals surface area (Å²) in [4.78, 5) is 5.23. The molecule has 358 valence electrons. The van der Waals surface area contributed by atoms with E-state index in [1.807, 2.05) is 0 Å². The zero-order valence-electron chi connectivity index (χ0n) is 45.3. The molecule has 4 heteroatoms. The third-order valence-corrected chi connectivity index (χ3v) is 18.3. The number of nitrogens with zero attached hydrogens (tertiary/aromatic N) is 2. The lowest BCUT2D eigenvalue weighted by molar-refractivity contribution is 0.332. The summed E-state index contributed by atoms with van der Waals surface area (Å²) in [6.45, 7) is 38.1. The van der Waals surface area contributed by atoms with Crippen LogP contribution in [0.5, 0.6) is 0 Å².